The van der Waals surface area contributed by atoms with Gasteiger partial charge in [-0.2, -0.15) is 0 Å². The van der Waals surface area contributed by atoms with Crippen molar-refractivity contribution >= 4 is 11.7 Å². The molecule has 0 spiro atoms. The molecule has 27 heavy (non-hydrogen) atoms. The Morgan fingerprint density at radius 3 is 2.63 bits per heavy atom. The van der Waals surface area contributed by atoms with Crippen LogP contribution in [0.2, 0.25) is 0 Å². The summed E-state index contributed by atoms with van der Waals surface area (Å²) in [7, 11) is 0. The maximum atomic E-state index is 12.3. The Bertz CT molecular complexity index is 625. The van der Waals surface area contributed by atoms with Crippen LogP contribution >= 0.6 is 0 Å². The largest absolute Gasteiger partial charge is 0.503 e. The third kappa shape index (κ3) is 3.59. The summed E-state index contributed by atoms with van der Waals surface area (Å²) in [5, 5.41) is 13.6. The predicted octanol–water partition coefficient (Wildman–Crippen LogP) is -0.692. The van der Waals surface area contributed by atoms with Crippen LogP contribution in [0.1, 0.15) is 39.0 Å². The summed E-state index contributed by atoms with van der Waals surface area (Å²) in [6.07, 6.45) is 6.38. The fourth-order valence-corrected chi connectivity index (χ4v) is 5.49. The first-order valence-corrected chi connectivity index (χ1v) is 10.6. The molecular formula is C20H33N4O3+. The molecule has 0 radical (unpaired) electrons. The van der Waals surface area contributed by atoms with E-state index in [0.29, 0.717) is 25.0 Å². The normalized spacial score (nSPS) is 32.9. The zero-order chi connectivity index (χ0) is 19.0. The maximum Gasteiger partial charge on any atom is 0.262 e. The van der Waals surface area contributed by atoms with Gasteiger partial charge in [0.05, 0.1) is 26.2 Å². The van der Waals surface area contributed by atoms with Gasteiger partial charge in [-0.1, -0.05) is 6.42 Å². The number of aliphatic hydroxyl groups is 1. The van der Waals surface area contributed by atoms with Crippen LogP contribution in [-0.2, 0) is 9.59 Å². The molecular weight excluding hydrogens is 344 g/mol. The number of rotatable bonds is 4. The number of amides is 1. The van der Waals surface area contributed by atoms with Crippen LogP contribution in [0.3, 0.4) is 0 Å². The van der Waals surface area contributed by atoms with Gasteiger partial charge in [-0.05, 0) is 44.7 Å². The van der Waals surface area contributed by atoms with Gasteiger partial charge in [-0.15, -0.1) is 0 Å². The Balaban J connectivity index is 1.35. The molecule has 3 atom stereocenters. The van der Waals surface area contributed by atoms with E-state index in [9.17, 15) is 14.7 Å². The van der Waals surface area contributed by atoms with Crippen LogP contribution in [0.4, 0.5) is 0 Å². The molecule has 0 bridgehead atoms. The van der Waals surface area contributed by atoms with Crippen LogP contribution in [-0.4, -0.2) is 84.5 Å². The summed E-state index contributed by atoms with van der Waals surface area (Å²) in [6, 6.07) is 0.383. The number of piperidine rings is 2. The van der Waals surface area contributed by atoms with Crippen LogP contribution in [0.5, 0.6) is 0 Å². The van der Waals surface area contributed by atoms with Crippen molar-refractivity contribution in [3.8, 4) is 0 Å². The van der Waals surface area contributed by atoms with Crippen molar-refractivity contribution in [3.05, 3.63) is 11.5 Å². The van der Waals surface area contributed by atoms with Crippen molar-refractivity contribution in [1.82, 2.24) is 15.1 Å². The van der Waals surface area contributed by atoms with Gasteiger partial charge in [0.25, 0.3) is 5.78 Å². The third-order valence-corrected chi connectivity index (χ3v) is 7.08. The molecule has 7 nitrogen and oxygen atoms in total. The molecule has 1 aliphatic carbocycles. The standard InChI is InChI=1S/C20H32N4O3/c1-14(25)22-9-11-24(12-10-22)18-17(19(26)20(18)27)21-13-15-5-4-8-23-7-3-2-6-16(15)23/h15-16,18,21,26H,2-13H2,1H3/p+1. The van der Waals surface area contributed by atoms with Gasteiger partial charge in [0.2, 0.25) is 5.91 Å². The Morgan fingerprint density at radius 1 is 1.15 bits per heavy atom. The van der Waals surface area contributed by atoms with Gasteiger partial charge in [-0.3, -0.25) is 9.59 Å². The lowest BCUT2D eigenvalue weighted by Crippen LogP contribution is -3.20. The lowest BCUT2D eigenvalue weighted by Gasteiger charge is -2.45. The molecule has 3 heterocycles. The van der Waals surface area contributed by atoms with Gasteiger partial charge in [0.15, 0.2) is 11.8 Å². The number of carbonyl (C=O) groups excluding carboxylic acids is 2. The second-order valence-corrected chi connectivity index (χ2v) is 8.61. The summed E-state index contributed by atoms with van der Waals surface area (Å²) in [4.78, 5) is 29.5. The lowest BCUT2D eigenvalue weighted by molar-refractivity contribution is -0.916. The number of piperazine rings is 1. The third-order valence-electron chi connectivity index (χ3n) is 7.08. The number of Topliss-reactive ketones (excluding diaryl/α,β-unsaturated/α-hetero) is 1. The SMILES string of the molecule is CC(=O)N1CC[NH+](C2C(=O)C(O)=C2NCC2CCCN3CCCCC23)CC1. The Morgan fingerprint density at radius 2 is 1.89 bits per heavy atom. The summed E-state index contributed by atoms with van der Waals surface area (Å²) in [6.45, 7) is 7.77. The summed E-state index contributed by atoms with van der Waals surface area (Å²) >= 11 is 0. The van der Waals surface area contributed by atoms with Gasteiger partial charge < -0.3 is 25.1 Å². The Hall–Kier alpha value is -1.60. The average Bonchev–Trinajstić information content (AvgIpc) is 2.70. The number of nitrogens with one attached hydrogen (secondary N) is 2. The minimum absolute atomic E-state index is 0.0715. The molecule has 4 aliphatic rings. The average molecular weight is 378 g/mol. The quantitative estimate of drug-likeness (QED) is 0.605. The number of hydrogen-bond acceptors (Lipinski definition) is 5. The molecule has 0 saturated carbocycles. The van der Waals surface area contributed by atoms with E-state index in [0.717, 1.165) is 25.3 Å². The van der Waals surface area contributed by atoms with Crippen molar-refractivity contribution in [1.29, 1.82) is 0 Å². The van der Waals surface area contributed by atoms with Crippen LogP contribution in [0, 0.1) is 5.92 Å². The van der Waals surface area contributed by atoms with Crippen molar-refractivity contribution < 1.29 is 19.6 Å². The second kappa shape index (κ2) is 7.80. The van der Waals surface area contributed by atoms with Gasteiger partial charge in [0.1, 0.15) is 5.70 Å². The number of carbonyl (C=O) groups is 2. The molecule has 4 rings (SSSR count). The molecule has 150 valence electrons. The predicted molar refractivity (Wildman–Crippen MR) is 101 cm³/mol. The molecule has 1 amide bonds. The molecule has 3 fully saturated rings. The fourth-order valence-electron chi connectivity index (χ4n) is 5.49. The fraction of sp³-hybridized carbons (Fsp3) is 0.800. The molecule has 3 unspecified atom stereocenters. The van der Waals surface area contributed by atoms with E-state index in [-0.39, 0.29) is 23.5 Å². The highest BCUT2D eigenvalue weighted by molar-refractivity contribution is 6.06. The minimum Gasteiger partial charge on any atom is -0.503 e. The van der Waals surface area contributed by atoms with E-state index in [1.807, 2.05) is 4.90 Å². The lowest BCUT2D eigenvalue weighted by atomic mass is 9.83. The number of quaternary nitrogens is 1. The van der Waals surface area contributed by atoms with Gasteiger partial charge in [-0.25, -0.2) is 0 Å². The maximum absolute atomic E-state index is 12.3. The molecule has 3 N–H and O–H groups in total. The van der Waals surface area contributed by atoms with E-state index < -0.39 is 0 Å². The van der Waals surface area contributed by atoms with Crippen molar-refractivity contribution in [2.24, 2.45) is 5.92 Å². The first-order valence-electron chi connectivity index (χ1n) is 10.6. The van der Waals surface area contributed by atoms with Crippen molar-refractivity contribution in [2.75, 3.05) is 45.8 Å². The first kappa shape index (κ1) is 18.7. The number of nitrogens with zero attached hydrogens (tertiary/aromatic N) is 2. The summed E-state index contributed by atoms with van der Waals surface area (Å²) < 4.78 is 0. The molecule has 0 aromatic rings. The number of fused-ring (bicyclic) bond motifs is 1. The molecule has 3 saturated heterocycles. The molecule has 3 aliphatic heterocycles. The van der Waals surface area contributed by atoms with Crippen LogP contribution < -0.4 is 10.2 Å². The van der Waals surface area contributed by atoms with Gasteiger partial charge in [0, 0.05) is 19.5 Å². The smallest absolute Gasteiger partial charge is 0.262 e. The summed E-state index contributed by atoms with van der Waals surface area (Å²) in [5.41, 5.74) is 0.735. The Labute approximate surface area is 161 Å². The van der Waals surface area contributed by atoms with Crippen molar-refractivity contribution in [2.45, 2.75) is 51.1 Å². The van der Waals surface area contributed by atoms with E-state index in [4.69, 9.17) is 0 Å². The van der Waals surface area contributed by atoms with E-state index >= 15 is 0 Å². The van der Waals surface area contributed by atoms with Crippen LogP contribution in [0.15, 0.2) is 11.5 Å². The highest BCUT2D eigenvalue weighted by atomic mass is 16.3. The highest BCUT2D eigenvalue weighted by Gasteiger charge is 2.48. The van der Waals surface area contributed by atoms with Crippen LogP contribution in [0.25, 0.3) is 0 Å². The monoisotopic (exact) mass is 377 g/mol. The van der Waals surface area contributed by atoms with E-state index in [1.165, 1.54) is 50.1 Å². The topological polar surface area (TPSA) is 77.3 Å². The highest BCUT2D eigenvalue weighted by Crippen LogP contribution is 2.31. The first-order chi connectivity index (χ1) is 13.1. The summed E-state index contributed by atoms with van der Waals surface area (Å²) in [5.74, 6) is 0.477. The number of ketones is 1. The Kier molecular flexibility index (Phi) is 5.41. The zero-order valence-electron chi connectivity index (χ0n) is 16.4. The molecule has 7 heteroatoms. The van der Waals surface area contributed by atoms with E-state index in [1.54, 1.807) is 6.92 Å². The molecule has 0 aromatic heterocycles. The minimum atomic E-state index is -0.273. The van der Waals surface area contributed by atoms with E-state index in [2.05, 4.69) is 10.2 Å². The second-order valence-electron chi connectivity index (χ2n) is 8.61. The molecule has 0 aromatic carbocycles. The zero-order valence-corrected chi connectivity index (χ0v) is 16.4. The number of aliphatic hydroxyl groups excluding tert-OH is 1. The number of hydrogen-bond donors (Lipinski definition) is 3. The van der Waals surface area contributed by atoms with Crippen molar-refractivity contribution in [3.63, 3.8) is 0 Å². The van der Waals surface area contributed by atoms with Gasteiger partial charge >= 0.3 is 0 Å².